The van der Waals surface area contributed by atoms with Crippen LogP contribution in [0.1, 0.15) is 5.56 Å². The molecule has 0 N–H and O–H groups in total. The first kappa shape index (κ1) is 13.4. The second-order valence-electron chi connectivity index (χ2n) is 5.02. The molecular weight excluding hydrogens is 290 g/mol. The van der Waals surface area contributed by atoms with Gasteiger partial charge in [0.2, 0.25) is 0 Å². The summed E-state index contributed by atoms with van der Waals surface area (Å²) in [6, 6.07) is 11.7. The first-order chi connectivity index (χ1) is 11.4. The van der Waals surface area contributed by atoms with Crippen molar-refractivity contribution in [3.8, 4) is 11.3 Å². The number of fused-ring (bicyclic) bond motifs is 1. The average molecular weight is 303 g/mol. The Balaban J connectivity index is 1.48. The third-order valence-electron chi connectivity index (χ3n) is 3.45. The summed E-state index contributed by atoms with van der Waals surface area (Å²) in [6.07, 6.45) is 8.87. The lowest BCUT2D eigenvalue weighted by molar-refractivity contribution is 0.596. The fourth-order valence-corrected chi connectivity index (χ4v) is 2.25. The highest BCUT2D eigenvalue weighted by atomic mass is 16.3. The summed E-state index contributed by atoms with van der Waals surface area (Å²) < 4.78 is 7.10. The van der Waals surface area contributed by atoms with Crippen LogP contribution in [0.3, 0.4) is 0 Å². The van der Waals surface area contributed by atoms with Crippen LogP contribution in [0, 0.1) is 0 Å². The molecule has 112 valence electrons. The molecule has 0 unspecified atom stereocenters. The van der Waals surface area contributed by atoms with E-state index in [0.717, 1.165) is 22.5 Å². The summed E-state index contributed by atoms with van der Waals surface area (Å²) in [7, 11) is 0. The van der Waals surface area contributed by atoms with Gasteiger partial charge in [-0.15, -0.1) is 0 Å². The van der Waals surface area contributed by atoms with Gasteiger partial charge in [0.25, 0.3) is 0 Å². The number of rotatable bonds is 4. The van der Waals surface area contributed by atoms with Crippen molar-refractivity contribution in [2.75, 3.05) is 0 Å². The fraction of sp³-hybridized carbons (Fsp3) is 0.0588. The van der Waals surface area contributed by atoms with E-state index in [2.05, 4.69) is 20.2 Å². The van der Waals surface area contributed by atoms with E-state index in [1.165, 1.54) is 0 Å². The minimum absolute atomic E-state index is 0.543. The van der Waals surface area contributed by atoms with Gasteiger partial charge in [-0.05, 0) is 29.8 Å². The summed E-state index contributed by atoms with van der Waals surface area (Å²) >= 11 is 0. The molecule has 0 radical (unpaired) electrons. The Kier molecular flexibility index (Phi) is 3.40. The van der Waals surface area contributed by atoms with Crippen LogP contribution in [0.5, 0.6) is 0 Å². The van der Waals surface area contributed by atoms with Crippen molar-refractivity contribution in [1.29, 1.82) is 0 Å². The number of benzene rings is 1. The third kappa shape index (κ3) is 2.87. The molecule has 0 saturated heterocycles. The molecule has 0 aliphatic heterocycles. The quantitative estimate of drug-likeness (QED) is 0.529. The average Bonchev–Trinajstić information content (AvgIpc) is 3.18. The normalized spacial score (nSPS) is 11.5. The summed E-state index contributed by atoms with van der Waals surface area (Å²) in [4.78, 5) is 8.39. The molecule has 0 atom stereocenters. The number of hydrogen-bond donors (Lipinski definition) is 0. The molecule has 0 saturated carbocycles. The number of oxazole rings is 1. The number of nitrogens with zero attached hydrogens (tertiary/aromatic N) is 5. The van der Waals surface area contributed by atoms with Crippen LogP contribution < -0.4 is 0 Å². The first-order valence-electron chi connectivity index (χ1n) is 7.17. The lowest BCUT2D eigenvalue weighted by Gasteiger charge is -1.97. The van der Waals surface area contributed by atoms with E-state index in [9.17, 15) is 0 Å². The Bertz CT molecular complexity index is 909. The second kappa shape index (κ2) is 5.84. The van der Waals surface area contributed by atoms with E-state index >= 15 is 0 Å². The smallest absolute Gasteiger partial charge is 0.306 e. The highest BCUT2D eigenvalue weighted by Gasteiger charge is 2.05. The first-order valence-corrected chi connectivity index (χ1v) is 7.17. The van der Waals surface area contributed by atoms with Gasteiger partial charge in [-0.3, -0.25) is 9.38 Å². The van der Waals surface area contributed by atoms with Gasteiger partial charge in [-0.25, -0.2) is 0 Å². The summed E-state index contributed by atoms with van der Waals surface area (Å²) in [5, 5.41) is 8.43. The van der Waals surface area contributed by atoms with Crippen molar-refractivity contribution in [3.63, 3.8) is 0 Å². The predicted octanol–water partition coefficient (Wildman–Crippen LogP) is 4.27. The monoisotopic (exact) mass is 303 g/mol. The molecule has 0 amide bonds. The molecule has 0 bridgehead atoms. The van der Waals surface area contributed by atoms with Gasteiger partial charge in [-0.1, -0.05) is 12.1 Å². The standard InChI is InChI=1S/C17H13N5O/c1-3-15(21-19-11-13-5-7-18-8-6-13)4-2-14(1)16-12-22-9-10-23-17(22)20-16/h1-10,12H,11H2. The number of imidazole rings is 1. The Morgan fingerprint density at radius 3 is 2.65 bits per heavy atom. The molecule has 0 fully saturated rings. The summed E-state index contributed by atoms with van der Waals surface area (Å²) in [5.41, 5.74) is 3.77. The molecule has 0 aliphatic rings. The van der Waals surface area contributed by atoms with Crippen LogP contribution >= 0.6 is 0 Å². The number of pyridine rings is 1. The van der Waals surface area contributed by atoms with Crippen LogP contribution in [0.4, 0.5) is 5.69 Å². The van der Waals surface area contributed by atoms with Gasteiger partial charge in [0.05, 0.1) is 17.9 Å². The second-order valence-corrected chi connectivity index (χ2v) is 5.02. The topological polar surface area (TPSA) is 68.0 Å². The van der Waals surface area contributed by atoms with Crippen molar-refractivity contribution in [2.24, 2.45) is 10.2 Å². The van der Waals surface area contributed by atoms with Crippen LogP contribution in [0.2, 0.25) is 0 Å². The lowest BCUT2D eigenvalue weighted by Crippen LogP contribution is -1.80. The molecule has 23 heavy (non-hydrogen) atoms. The van der Waals surface area contributed by atoms with Crippen LogP contribution in [0.15, 0.2) is 82.1 Å². The zero-order valence-electron chi connectivity index (χ0n) is 12.2. The SMILES string of the molecule is c1cc(CN=Nc2ccc(-c3cn4ccoc4n3)cc2)ccn1. The maximum absolute atomic E-state index is 5.25. The summed E-state index contributed by atoms with van der Waals surface area (Å²) in [6.45, 7) is 0.543. The Labute approximate surface area is 132 Å². The molecule has 0 spiro atoms. The molecular formula is C17H13N5O. The van der Waals surface area contributed by atoms with Gasteiger partial charge in [0, 0.05) is 30.4 Å². The van der Waals surface area contributed by atoms with Crippen molar-refractivity contribution < 1.29 is 4.42 Å². The Morgan fingerprint density at radius 2 is 1.87 bits per heavy atom. The largest absolute Gasteiger partial charge is 0.432 e. The number of aromatic nitrogens is 3. The van der Waals surface area contributed by atoms with Crippen LogP contribution in [-0.2, 0) is 6.54 Å². The van der Waals surface area contributed by atoms with E-state index in [1.54, 1.807) is 18.7 Å². The zero-order valence-corrected chi connectivity index (χ0v) is 12.2. The van der Waals surface area contributed by atoms with Crippen LogP contribution in [0.25, 0.3) is 17.1 Å². The van der Waals surface area contributed by atoms with Gasteiger partial charge >= 0.3 is 5.84 Å². The molecule has 3 aromatic heterocycles. The number of hydrogen-bond acceptors (Lipinski definition) is 5. The third-order valence-corrected chi connectivity index (χ3v) is 3.45. The number of azo groups is 1. The van der Waals surface area contributed by atoms with Gasteiger partial charge in [0.1, 0.15) is 6.26 Å². The van der Waals surface area contributed by atoms with Crippen molar-refractivity contribution in [3.05, 3.63) is 73.0 Å². The molecule has 4 rings (SSSR count). The van der Waals surface area contributed by atoms with E-state index in [4.69, 9.17) is 4.42 Å². The van der Waals surface area contributed by atoms with Gasteiger partial charge in [-0.2, -0.15) is 15.2 Å². The van der Waals surface area contributed by atoms with E-state index in [0.29, 0.717) is 12.4 Å². The van der Waals surface area contributed by atoms with Crippen molar-refractivity contribution in [2.45, 2.75) is 6.54 Å². The van der Waals surface area contributed by atoms with Crippen molar-refractivity contribution in [1.82, 2.24) is 14.4 Å². The predicted molar refractivity (Wildman–Crippen MR) is 85.4 cm³/mol. The molecule has 6 heteroatoms. The van der Waals surface area contributed by atoms with Gasteiger partial charge in [0.15, 0.2) is 0 Å². The summed E-state index contributed by atoms with van der Waals surface area (Å²) in [5.74, 6) is 0.584. The molecule has 6 nitrogen and oxygen atoms in total. The Hall–Kier alpha value is -3.28. The highest BCUT2D eigenvalue weighted by molar-refractivity contribution is 5.63. The van der Waals surface area contributed by atoms with E-state index in [-0.39, 0.29) is 0 Å². The molecule has 3 heterocycles. The Morgan fingerprint density at radius 1 is 1.04 bits per heavy atom. The minimum atomic E-state index is 0.543. The maximum Gasteiger partial charge on any atom is 0.306 e. The lowest BCUT2D eigenvalue weighted by atomic mass is 10.1. The molecule has 4 aromatic rings. The van der Waals surface area contributed by atoms with E-state index in [1.807, 2.05) is 53.2 Å². The zero-order chi connectivity index (χ0) is 15.5. The molecule has 0 aliphatic carbocycles. The fourth-order valence-electron chi connectivity index (χ4n) is 2.25. The maximum atomic E-state index is 5.25. The van der Waals surface area contributed by atoms with Gasteiger partial charge < -0.3 is 4.42 Å². The van der Waals surface area contributed by atoms with Crippen LogP contribution in [-0.4, -0.2) is 14.4 Å². The molecule has 1 aromatic carbocycles. The van der Waals surface area contributed by atoms with E-state index < -0.39 is 0 Å². The van der Waals surface area contributed by atoms with Crippen molar-refractivity contribution >= 4 is 11.5 Å². The minimum Gasteiger partial charge on any atom is -0.432 e. The highest BCUT2D eigenvalue weighted by Crippen LogP contribution is 2.23.